The first-order valence-corrected chi connectivity index (χ1v) is 11.3. The summed E-state index contributed by atoms with van der Waals surface area (Å²) in [6.45, 7) is 4.43. The van der Waals surface area contributed by atoms with Crippen molar-refractivity contribution in [2.24, 2.45) is 5.73 Å². The fourth-order valence-corrected chi connectivity index (χ4v) is 4.26. The Labute approximate surface area is 194 Å². The topological polar surface area (TPSA) is 105 Å². The van der Waals surface area contributed by atoms with Gasteiger partial charge in [0.05, 0.1) is 24.4 Å². The SMILES string of the molecule is Cc1ccc2nccc(N3CCC(O)(CN(C)C(=O)c4ccc(OCCCN)cc4)C3)c2n1. The molecule has 1 saturated heterocycles. The number of aryl methyl sites for hydroxylation is 1. The molecule has 3 heterocycles. The first kappa shape index (κ1) is 22.9. The number of carbonyl (C=O) groups excluding carboxylic acids is 1. The molecule has 0 saturated carbocycles. The molecule has 3 N–H and O–H groups in total. The lowest BCUT2D eigenvalue weighted by atomic mass is 10.0. The van der Waals surface area contributed by atoms with Crippen molar-refractivity contribution in [2.45, 2.75) is 25.4 Å². The minimum Gasteiger partial charge on any atom is -0.494 e. The van der Waals surface area contributed by atoms with Crippen molar-refractivity contribution in [1.29, 1.82) is 0 Å². The zero-order valence-corrected chi connectivity index (χ0v) is 19.2. The van der Waals surface area contributed by atoms with Crippen LogP contribution in [0.5, 0.6) is 5.75 Å². The van der Waals surface area contributed by atoms with E-state index in [1.165, 1.54) is 0 Å². The highest BCUT2D eigenvalue weighted by Gasteiger charge is 2.38. The van der Waals surface area contributed by atoms with Gasteiger partial charge in [0.25, 0.3) is 5.91 Å². The summed E-state index contributed by atoms with van der Waals surface area (Å²) in [5.74, 6) is 0.572. The molecule has 33 heavy (non-hydrogen) atoms. The zero-order chi connectivity index (χ0) is 23.4. The zero-order valence-electron chi connectivity index (χ0n) is 19.2. The molecule has 1 fully saturated rings. The van der Waals surface area contributed by atoms with Crippen molar-refractivity contribution in [3.8, 4) is 5.75 Å². The van der Waals surface area contributed by atoms with Gasteiger partial charge in [-0.05, 0) is 68.8 Å². The maximum atomic E-state index is 12.9. The minimum atomic E-state index is -1.00. The molecule has 3 aromatic rings. The van der Waals surface area contributed by atoms with E-state index < -0.39 is 5.60 Å². The van der Waals surface area contributed by atoms with E-state index in [1.54, 1.807) is 42.4 Å². The van der Waals surface area contributed by atoms with E-state index in [9.17, 15) is 9.90 Å². The Morgan fingerprint density at radius 2 is 2.03 bits per heavy atom. The first-order valence-electron chi connectivity index (χ1n) is 11.3. The fraction of sp³-hybridized carbons (Fsp3) is 0.400. The minimum absolute atomic E-state index is 0.137. The summed E-state index contributed by atoms with van der Waals surface area (Å²) in [5, 5.41) is 11.3. The number of pyridine rings is 2. The molecular weight excluding hydrogens is 418 g/mol. The molecule has 2 aromatic heterocycles. The van der Waals surface area contributed by atoms with Crippen molar-refractivity contribution in [3.63, 3.8) is 0 Å². The van der Waals surface area contributed by atoms with Gasteiger partial charge in [-0.1, -0.05) is 0 Å². The molecule has 1 aliphatic rings. The van der Waals surface area contributed by atoms with Gasteiger partial charge in [0.15, 0.2) is 0 Å². The van der Waals surface area contributed by atoms with Crippen molar-refractivity contribution >= 4 is 22.6 Å². The van der Waals surface area contributed by atoms with E-state index in [-0.39, 0.29) is 12.5 Å². The molecule has 0 bridgehead atoms. The highest BCUT2D eigenvalue weighted by atomic mass is 16.5. The van der Waals surface area contributed by atoms with Crippen molar-refractivity contribution in [1.82, 2.24) is 14.9 Å². The Balaban J connectivity index is 1.41. The largest absolute Gasteiger partial charge is 0.494 e. The van der Waals surface area contributed by atoms with Crippen LogP contribution in [0.1, 0.15) is 28.9 Å². The van der Waals surface area contributed by atoms with E-state index in [0.29, 0.717) is 44.0 Å². The normalized spacial score (nSPS) is 18.0. The summed E-state index contributed by atoms with van der Waals surface area (Å²) in [5.41, 5.74) is 8.58. The predicted octanol–water partition coefficient (Wildman–Crippen LogP) is 2.38. The number of nitrogens with two attached hydrogens (primary N) is 1. The average molecular weight is 450 g/mol. The van der Waals surface area contributed by atoms with E-state index in [2.05, 4.69) is 14.9 Å². The number of benzene rings is 1. The second-order valence-electron chi connectivity index (χ2n) is 8.72. The van der Waals surface area contributed by atoms with Crippen LogP contribution in [0.3, 0.4) is 0 Å². The summed E-state index contributed by atoms with van der Waals surface area (Å²) in [4.78, 5) is 25.7. The van der Waals surface area contributed by atoms with Crippen LogP contribution >= 0.6 is 0 Å². The number of likely N-dealkylation sites (N-methyl/N-ethyl adjacent to an activating group) is 1. The number of nitrogens with zero attached hydrogens (tertiary/aromatic N) is 4. The van der Waals surface area contributed by atoms with Gasteiger partial charge in [-0.25, -0.2) is 4.98 Å². The van der Waals surface area contributed by atoms with Gasteiger partial charge in [-0.2, -0.15) is 0 Å². The third-order valence-electron chi connectivity index (χ3n) is 5.97. The third-order valence-corrected chi connectivity index (χ3v) is 5.97. The second-order valence-corrected chi connectivity index (χ2v) is 8.72. The molecule has 1 atom stereocenters. The van der Waals surface area contributed by atoms with E-state index in [1.807, 2.05) is 25.1 Å². The summed E-state index contributed by atoms with van der Waals surface area (Å²) in [7, 11) is 1.72. The first-order chi connectivity index (χ1) is 15.9. The number of β-amino-alcohol motifs (C(OH)–C–C–N with tert-alkyl or cyclic N) is 1. The molecule has 0 spiro atoms. The number of hydrogen-bond donors (Lipinski definition) is 2. The maximum absolute atomic E-state index is 12.9. The van der Waals surface area contributed by atoms with Crippen molar-refractivity contribution in [3.05, 3.63) is 59.9 Å². The van der Waals surface area contributed by atoms with E-state index in [4.69, 9.17) is 10.5 Å². The third kappa shape index (κ3) is 5.23. The molecule has 1 aromatic carbocycles. The van der Waals surface area contributed by atoms with Crippen LogP contribution in [0.2, 0.25) is 0 Å². The Kier molecular flexibility index (Phi) is 6.76. The van der Waals surface area contributed by atoms with Crippen LogP contribution in [0.4, 0.5) is 5.69 Å². The molecule has 174 valence electrons. The lowest BCUT2D eigenvalue weighted by molar-refractivity contribution is 0.0264. The number of aliphatic hydroxyl groups is 1. The van der Waals surface area contributed by atoms with Crippen LogP contribution in [-0.4, -0.2) is 71.3 Å². The second kappa shape index (κ2) is 9.72. The highest BCUT2D eigenvalue weighted by molar-refractivity contribution is 5.94. The molecule has 1 unspecified atom stereocenters. The van der Waals surface area contributed by atoms with Gasteiger partial charge in [0, 0.05) is 37.6 Å². The molecule has 8 heteroatoms. The summed E-state index contributed by atoms with van der Waals surface area (Å²) >= 11 is 0. The van der Waals surface area contributed by atoms with Crippen molar-refractivity contribution in [2.75, 3.05) is 44.7 Å². The van der Waals surface area contributed by atoms with Crippen LogP contribution in [0.25, 0.3) is 11.0 Å². The Hall–Kier alpha value is -3.23. The lowest BCUT2D eigenvalue weighted by Gasteiger charge is -2.29. The quantitative estimate of drug-likeness (QED) is 0.509. The molecule has 0 aliphatic carbocycles. The Morgan fingerprint density at radius 1 is 1.24 bits per heavy atom. The average Bonchev–Trinajstić information content (AvgIpc) is 3.20. The summed E-state index contributed by atoms with van der Waals surface area (Å²) < 4.78 is 5.60. The Morgan fingerprint density at radius 3 is 2.79 bits per heavy atom. The van der Waals surface area contributed by atoms with Gasteiger partial charge in [0.2, 0.25) is 0 Å². The number of fused-ring (bicyclic) bond motifs is 1. The number of anilines is 1. The van der Waals surface area contributed by atoms with Gasteiger partial charge in [-0.3, -0.25) is 9.78 Å². The number of rotatable bonds is 8. The molecular formula is C25H31N5O3. The van der Waals surface area contributed by atoms with Gasteiger partial charge < -0.3 is 25.4 Å². The van der Waals surface area contributed by atoms with E-state index in [0.717, 1.165) is 28.8 Å². The van der Waals surface area contributed by atoms with Crippen LogP contribution < -0.4 is 15.4 Å². The number of aromatic nitrogens is 2. The Bertz CT molecular complexity index is 1120. The van der Waals surface area contributed by atoms with Crippen LogP contribution in [0, 0.1) is 6.92 Å². The smallest absolute Gasteiger partial charge is 0.253 e. The van der Waals surface area contributed by atoms with Gasteiger partial charge >= 0.3 is 0 Å². The molecule has 1 aliphatic heterocycles. The fourth-order valence-electron chi connectivity index (χ4n) is 4.26. The maximum Gasteiger partial charge on any atom is 0.253 e. The predicted molar refractivity (Wildman–Crippen MR) is 129 cm³/mol. The number of amides is 1. The molecule has 8 nitrogen and oxygen atoms in total. The highest BCUT2D eigenvalue weighted by Crippen LogP contribution is 2.31. The van der Waals surface area contributed by atoms with Crippen LogP contribution in [-0.2, 0) is 0 Å². The summed E-state index contributed by atoms with van der Waals surface area (Å²) in [6, 6.07) is 12.9. The summed E-state index contributed by atoms with van der Waals surface area (Å²) in [6.07, 6.45) is 3.11. The van der Waals surface area contributed by atoms with Crippen LogP contribution in [0.15, 0.2) is 48.7 Å². The van der Waals surface area contributed by atoms with Crippen molar-refractivity contribution < 1.29 is 14.6 Å². The van der Waals surface area contributed by atoms with Gasteiger partial charge in [0.1, 0.15) is 16.9 Å². The molecule has 4 rings (SSSR count). The van der Waals surface area contributed by atoms with E-state index >= 15 is 0 Å². The molecule has 0 radical (unpaired) electrons. The lowest BCUT2D eigenvalue weighted by Crippen LogP contribution is -2.45. The van der Waals surface area contributed by atoms with Gasteiger partial charge in [-0.15, -0.1) is 0 Å². The monoisotopic (exact) mass is 449 g/mol. The number of hydrogen-bond acceptors (Lipinski definition) is 7. The number of ether oxygens (including phenoxy) is 1. The number of carbonyl (C=O) groups is 1. The molecule has 1 amide bonds. The standard InChI is InChI=1S/C25H31N5O3/c1-18-4-9-21-23(28-18)22(10-13-27-21)30-14-11-25(32,17-30)16-29(2)24(31)19-5-7-20(8-6-19)33-15-3-12-26/h4-10,13,32H,3,11-12,14-17,26H2,1-2H3.